The fraction of sp³-hybridized carbons (Fsp3) is 0.533. The fourth-order valence-corrected chi connectivity index (χ4v) is 2.46. The molecule has 1 amide bonds. The van der Waals surface area contributed by atoms with Gasteiger partial charge in [-0.1, -0.05) is 23.7 Å². The van der Waals surface area contributed by atoms with Crippen molar-refractivity contribution in [2.75, 3.05) is 26.2 Å². The molecule has 0 bridgehead atoms. The third kappa shape index (κ3) is 4.20. The average Bonchev–Trinajstić information content (AvgIpc) is 2.48. The second-order valence-electron chi connectivity index (χ2n) is 5.00. The van der Waals surface area contributed by atoms with Crippen molar-refractivity contribution < 1.29 is 9.53 Å². The number of unbranched alkanes of at least 4 members (excludes halogenated alkanes) is 1. The quantitative estimate of drug-likeness (QED) is 0.849. The fourth-order valence-electron chi connectivity index (χ4n) is 2.33. The number of carbonyl (C=O) groups excluding carboxylic acids is 1. The monoisotopic (exact) mass is 296 g/mol. The van der Waals surface area contributed by atoms with Gasteiger partial charge in [0.05, 0.1) is 13.2 Å². The molecule has 2 N–H and O–H groups in total. The summed E-state index contributed by atoms with van der Waals surface area (Å²) in [5.41, 5.74) is 6.51. The SMILES string of the molecule is NCCCCC(=O)N1CCOC(c2ccc(Cl)cc2)C1. The molecule has 0 aliphatic carbocycles. The summed E-state index contributed by atoms with van der Waals surface area (Å²) in [6, 6.07) is 7.61. The smallest absolute Gasteiger partial charge is 0.222 e. The van der Waals surface area contributed by atoms with Crippen LogP contribution in [0, 0.1) is 0 Å². The highest BCUT2D eigenvalue weighted by Crippen LogP contribution is 2.24. The highest BCUT2D eigenvalue weighted by Gasteiger charge is 2.24. The molecule has 1 heterocycles. The number of nitrogens with two attached hydrogens (primary N) is 1. The Kier molecular flexibility index (Phi) is 5.83. The van der Waals surface area contributed by atoms with E-state index in [1.165, 1.54) is 0 Å². The van der Waals surface area contributed by atoms with Gasteiger partial charge in [0.25, 0.3) is 0 Å². The maximum absolute atomic E-state index is 12.1. The maximum Gasteiger partial charge on any atom is 0.222 e. The minimum Gasteiger partial charge on any atom is -0.370 e. The van der Waals surface area contributed by atoms with Crippen LogP contribution in [-0.4, -0.2) is 37.0 Å². The lowest BCUT2D eigenvalue weighted by Crippen LogP contribution is -2.42. The van der Waals surface area contributed by atoms with Gasteiger partial charge in [-0.3, -0.25) is 4.79 Å². The van der Waals surface area contributed by atoms with E-state index in [9.17, 15) is 4.79 Å². The van der Waals surface area contributed by atoms with Gasteiger partial charge in [0.2, 0.25) is 5.91 Å². The molecule has 4 nitrogen and oxygen atoms in total. The maximum atomic E-state index is 12.1. The molecule has 1 atom stereocenters. The third-order valence-corrected chi connectivity index (χ3v) is 3.76. The molecule has 2 rings (SSSR count). The molecule has 1 aromatic rings. The minimum absolute atomic E-state index is 0.0560. The van der Waals surface area contributed by atoms with Gasteiger partial charge < -0.3 is 15.4 Å². The van der Waals surface area contributed by atoms with Crippen LogP contribution < -0.4 is 5.73 Å². The highest BCUT2D eigenvalue weighted by molar-refractivity contribution is 6.30. The molecule has 1 aliphatic rings. The first kappa shape index (κ1) is 15.3. The number of morpholine rings is 1. The average molecular weight is 297 g/mol. The van der Waals surface area contributed by atoms with Crippen LogP contribution in [0.5, 0.6) is 0 Å². The Morgan fingerprint density at radius 1 is 1.35 bits per heavy atom. The molecule has 110 valence electrons. The normalized spacial score (nSPS) is 19.1. The molecule has 1 fully saturated rings. The first-order chi connectivity index (χ1) is 9.70. The topological polar surface area (TPSA) is 55.6 Å². The molecule has 1 unspecified atom stereocenters. The zero-order valence-corrected chi connectivity index (χ0v) is 12.3. The van der Waals surface area contributed by atoms with E-state index in [-0.39, 0.29) is 12.0 Å². The van der Waals surface area contributed by atoms with Crippen molar-refractivity contribution in [3.05, 3.63) is 34.9 Å². The van der Waals surface area contributed by atoms with Crippen molar-refractivity contribution in [2.45, 2.75) is 25.4 Å². The largest absolute Gasteiger partial charge is 0.370 e. The van der Waals surface area contributed by atoms with Gasteiger partial charge >= 0.3 is 0 Å². The Morgan fingerprint density at radius 2 is 2.10 bits per heavy atom. The second-order valence-corrected chi connectivity index (χ2v) is 5.43. The van der Waals surface area contributed by atoms with E-state index in [0.29, 0.717) is 37.7 Å². The number of halogens is 1. The summed E-state index contributed by atoms with van der Waals surface area (Å²) < 4.78 is 5.75. The molecule has 1 aromatic carbocycles. The number of hydrogen-bond donors (Lipinski definition) is 1. The Labute approximate surface area is 124 Å². The second kappa shape index (κ2) is 7.62. The Hall–Kier alpha value is -1.10. The molecule has 0 aromatic heterocycles. The Balaban J connectivity index is 1.91. The van der Waals surface area contributed by atoms with Crippen molar-refractivity contribution in [3.8, 4) is 0 Å². The summed E-state index contributed by atoms with van der Waals surface area (Å²) in [7, 11) is 0. The van der Waals surface area contributed by atoms with Gasteiger partial charge in [-0.05, 0) is 37.1 Å². The number of rotatable bonds is 5. The summed E-state index contributed by atoms with van der Waals surface area (Å²) in [5.74, 6) is 0.195. The first-order valence-corrected chi connectivity index (χ1v) is 7.43. The number of benzene rings is 1. The first-order valence-electron chi connectivity index (χ1n) is 7.05. The lowest BCUT2D eigenvalue weighted by atomic mass is 10.1. The molecule has 5 heteroatoms. The van der Waals surface area contributed by atoms with E-state index in [1.54, 1.807) is 0 Å². The third-order valence-electron chi connectivity index (χ3n) is 3.51. The molecule has 0 spiro atoms. The summed E-state index contributed by atoms with van der Waals surface area (Å²) in [5, 5.41) is 0.708. The summed E-state index contributed by atoms with van der Waals surface area (Å²) in [6.45, 7) is 2.51. The van der Waals surface area contributed by atoms with Crippen LogP contribution in [0.1, 0.15) is 30.9 Å². The van der Waals surface area contributed by atoms with Crippen molar-refractivity contribution >= 4 is 17.5 Å². The van der Waals surface area contributed by atoms with Crippen molar-refractivity contribution in [2.24, 2.45) is 5.73 Å². The number of nitrogens with zero attached hydrogens (tertiary/aromatic N) is 1. The van der Waals surface area contributed by atoms with Crippen LogP contribution in [0.3, 0.4) is 0 Å². The summed E-state index contributed by atoms with van der Waals surface area (Å²) in [4.78, 5) is 14.0. The molecular weight excluding hydrogens is 276 g/mol. The van der Waals surface area contributed by atoms with Crippen LogP contribution in [-0.2, 0) is 9.53 Å². The van der Waals surface area contributed by atoms with Crippen LogP contribution >= 0.6 is 11.6 Å². The van der Waals surface area contributed by atoms with Crippen molar-refractivity contribution in [3.63, 3.8) is 0 Å². The standard InChI is InChI=1S/C15H21ClN2O2/c16-13-6-4-12(5-7-13)14-11-18(9-10-20-14)15(19)3-1-2-8-17/h4-7,14H,1-3,8-11,17H2. The van der Waals surface area contributed by atoms with Gasteiger partial charge in [0.1, 0.15) is 6.10 Å². The molecule has 0 radical (unpaired) electrons. The predicted octanol–water partition coefficient (Wildman–Crippen LogP) is 2.37. The molecule has 1 aliphatic heterocycles. The van der Waals surface area contributed by atoms with E-state index in [0.717, 1.165) is 18.4 Å². The number of hydrogen-bond acceptors (Lipinski definition) is 3. The van der Waals surface area contributed by atoms with Crippen LogP contribution in [0.15, 0.2) is 24.3 Å². The predicted molar refractivity (Wildman–Crippen MR) is 79.6 cm³/mol. The van der Waals surface area contributed by atoms with Crippen molar-refractivity contribution in [1.82, 2.24) is 4.90 Å². The number of carbonyl (C=O) groups is 1. The lowest BCUT2D eigenvalue weighted by molar-refractivity contribution is -0.139. The van der Waals surface area contributed by atoms with Crippen LogP contribution in [0.4, 0.5) is 0 Å². The molecule has 0 saturated carbocycles. The Bertz CT molecular complexity index is 436. The van der Waals surface area contributed by atoms with Gasteiger partial charge in [0, 0.05) is 18.0 Å². The Morgan fingerprint density at radius 3 is 2.80 bits per heavy atom. The van der Waals surface area contributed by atoms with Crippen LogP contribution in [0.2, 0.25) is 5.02 Å². The summed E-state index contributed by atoms with van der Waals surface area (Å²) in [6.07, 6.45) is 2.28. The lowest BCUT2D eigenvalue weighted by Gasteiger charge is -2.33. The van der Waals surface area contributed by atoms with Crippen molar-refractivity contribution in [1.29, 1.82) is 0 Å². The van der Waals surface area contributed by atoms with Gasteiger partial charge in [-0.15, -0.1) is 0 Å². The number of ether oxygens (including phenoxy) is 1. The van der Waals surface area contributed by atoms with Gasteiger partial charge in [-0.25, -0.2) is 0 Å². The zero-order chi connectivity index (χ0) is 14.4. The van der Waals surface area contributed by atoms with Crippen LogP contribution in [0.25, 0.3) is 0 Å². The zero-order valence-electron chi connectivity index (χ0n) is 11.6. The van der Waals surface area contributed by atoms with E-state index in [4.69, 9.17) is 22.1 Å². The van der Waals surface area contributed by atoms with E-state index < -0.39 is 0 Å². The van der Waals surface area contributed by atoms with E-state index >= 15 is 0 Å². The summed E-state index contributed by atoms with van der Waals surface area (Å²) >= 11 is 5.89. The highest BCUT2D eigenvalue weighted by atomic mass is 35.5. The molecular formula is C15H21ClN2O2. The minimum atomic E-state index is -0.0560. The van der Waals surface area contributed by atoms with Gasteiger partial charge in [0.15, 0.2) is 0 Å². The number of amides is 1. The van der Waals surface area contributed by atoms with E-state index in [1.807, 2.05) is 29.2 Å². The molecule has 1 saturated heterocycles. The molecule has 20 heavy (non-hydrogen) atoms. The van der Waals surface area contributed by atoms with E-state index in [2.05, 4.69) is 0 Å². The van der Waals surface area contributed by atoms with Gasteiger partial charge in [-0.2, -0.15) is 0 Å².